The van der Waals surface area contributed by atoms with Gasteiger partial charge >= 0.3 is 0 Å². The topological polar surface area (TPSA) is 20.2 Å². The van der Waals surface area contributed by atoms with Crippen LogP contribution in [-0.4, -0.2) is 10.7 Å². The third kappa shape index (κ3) is 2.52. The van der Waals surface area contributed by atoms with Gasteiger partial charge in [0, 0.05) is 5.57 Å². The molecule has 2 heteroatoms. The lowest BCUT2D eigenvalue weighted by Gasteiger charge is -2.18. The molecule has 0 aromatic rings. The van der Waals surface area contributed by atoms with E-state index in [0.717, 1.165) is 12.0 Å². The molecule has 0 fully saturated rings. The van der Waals surface area contributed by atoms with Gasteiger partial charge in [0.2, 0.25) is 0 Å². The van der Waals surface area contributed by atoms with Crippen LogP contribution in [0.3, 0.4) is 0 Å². The van der Waals surface area contributed by atoms with Crippen LogP contribution in [0.25, 0.3) is 0 Å². The van der Waals surface area contributed by atoms with Crippen LogP contribution in [0.4, 0.5) is 4.39 Å². The van der Waals surface area contributed by atoms with Gasteiger partial charge in [-0.25, -0.2) is 4.39 Å². The minimum absolute atomic E-state index is 0.334. The molecule has 0 bridgehead atoms. The molecule has 1 rings (SSSR count). The number of halogens is 1. The summed E-state index contributed by atoms with van der Waals surface area (Å²) in [6, 6.07) is 0. The van der Waals surface area contributed by atoms with Gasteiger partial charge in [-0.3, -0.25) is 0 Å². The zero-order chi connectivity index (χ0) is 10.1. The second-order valence-electron chi connectivity index (χ2n) is 3.92. The first-order valence-electron chi connectivity index (χ1n) is 4.37. The van der Waals surface area contributed by atoms with Gasteiger partial charge in [-0.05, 0) is 33.3 Å². The van der Waals surface area contributed by atoms with E-state index in [9.17, 15) is 9.50 Å². The van der Waals surface area contributed by atoms with E-state index in [1.165, 1.54) is 6.08 Å². The summed E-state index contributed by atoms with van der Waals surface area (Å²) < 4.78 is 13.4. The van der Waals surface area contributed by atoms with Crippen molar-refractivity contribution in [3.8, 4) is 0 Å². The van der Waals surface area contributed by atoms with Gasteiger partial charge in [-0.1, -0.05) is 17.7 Å². The van der Waals surface area contributed by atoms with Crippen LogP contribution < -0.4 is 0 Å². The molecule has 0 saturated carbocycles. The van der Waals surface area contributed by atoms with Crippen molar-refractivity contribution < 1.29 is 9.50 Å². The van der Waals surface area contributed by atoms with E-state index >= 15 is 0 Å². The summed E-state index contributed by atoms with van der Waals surface area (Å²) in [5, 5.41) is 9.65. The number of rotatable bonds is 1. The molecular weight excluding hydrogens is 167 g/mol. The number of aliphatic hydroxyl groups is 1. The Kier molecular flexibility index (Phi) is 2.71. The minimum Gasteiger partial charge on any atom is -0.386 e. The van der Waals surface area contributed by atoms with E-state index < -0.39 is 5.60 Å². The number of hydrogen-bond donors (Lipinski definition) is 1. The lowest BCUT2D eigenvalue weighted by atomic mass is 9.97. The van der Waals surface area contributed by atoms with E-state index in [1.807, 2.05) is 13.0 Å². The SMILES string of the molecule is CC1=CC(F)=C(C(C)(C)O)C=CC1. The normalized spacial score (nSPS) is 18.7. The fourth-order valence-corrected chi connectivity index (χ4v) is 1.29. The smallest absolute Gasteiger partial charge is 0.129 e. The highest BCUT2D eigenvalue weighted by Gasteiger charge is 2.21. The molecule has 13 heavy (non-hydrogen) atoms. The molecular formula is C11H15FO. The lowest BCUT2D eigenvalue weighted by Crippen LogP contribution is -2.21. The van der Waals surface area contributed by atoms with Crippen LogP contribution in [0, 0.1) is 0 Å². The standard InChI is InChI=1S/C11H15FO/c1-8-5-4-6-9(10(12)7-8)11(2,3)13/h4,6-7,13H,5H2,1-3H3. The van der Waals surface area contributed by atoms with Gasteiger partial charge in [-0.2, -0.15) is 0 Å². The quantitative estimate of drug-likeness (QED) is 0.661. The Bertz CT molecular complexity index is 290. The van der Waals surface area contributed by atoms with Crippen molar-refractivity contribution in [2.75, 3.05) is 0 Å². The van der Waals surface area contributed by atoms with Crippen molar-refractivity contribution in [2.24, 2.45) is 0 Å². The van der Waals surface area contributed by atoms with Crippen molar-refractivity contribution in [3.05, 3.63) is 35.2 Å². The van der Waals surface area contributed by atoms with Crippen molar-refractivity contribution in [1.29, 1.82) is 0 Å². The van der Waals surface area contributed by atoms with E-state index in [-0.39, 0.29) is 5.83 Å². The first-order chi connectivity index (χ1) is 5.91. The molecule has 1 aliphatic rings. The molecule has 0 aromatic heterocycles. The second-order valence-corrected chi connectivity index (χ2v) is 3.92. The lowest BCUT2D eigenvalue weighted by molar-refractivity contribution is 0.121. The Labute approximate surface area is 78.3 Å². The first-order valence-corrected chi connectivity index (χ1v) is 4.37. The van der Waals surface area contributed by atoms with Crippen molar-refractivity contribution in [1.82, 2.24) is 0 Å². The summed E-state index contributed by atoms with van der Waals surface area (Å²) in [7, 11) is 0. The van der Waals surface area contributed by atoms with Crippen LogP contribution in [0.1, 0.15) is 27.2 Å². The van der Waals surface area contributed by atoms with Crippen LogP contribution in [-0.2, 0) is 0 Å². The minimum atomic E-state index is -1.11. The van der Waals surface area contributed by atoms with Crippen LogP contribution in [0.15, 0.2) is 35.2 Å². The fourth-order valence-electron chi connectivity index (χ4n) is 1.29. The Morgan fingerprint density at radius 3 is 2.62 bits per heavy atom. The van der Waals surface area contributed by atoms with E-state index in [4.69, 9.17) is 0 Å². The van der Waals surface area contributed by atoms with Gasteiger partial charge in [0.05, 0.1) is 5.60 Å². The van der Waals surface area contributed by atoms with Gasteiger partial charge in [0.1, 0.15) is 5.83 Å². The fraction of sp³-hybridized carbons (Fsp3) is 0.455. The second kappa shape index (κ2) is 3.46. The molecule has 0 atom stereocenters. The molecule has 0 heterocycles. The Morgan fingerprint density at radius 2 is 2.08 bits per heavy atom. The average molecular weight is 182 g/mol. The summed E-state index contributed by atoms with van der Waals surface area (Å²) in [6.07, 6.45) is 5.74. The molecule has 0 spiro atoms. The highest BCUT2D eigenvalue weighted by molar-refractivity contribution is 5.39. The molecule has 0 aromatic carbocycles. The number of hydrogen-bond acceptors (Lipinski definition) is 1. The molecule has 0 aliphatic heterocycles. The maximum absolute atomic E-state index is 13.4. The van der Waals surface area contributed by atoms with Crippen molar-refractivity contribution in [2.45, 2.75) is 32.8 Å². The van der Waals surface area contributed by atoms with E-state index in [1.54, 1.807) is 19.9 Å². The van der Waals surface area contributed by atoms with Crippen LogP contribution in [0.5, 0.6) is 0 Å². The Morgan fingerprint density at radius 1 is 1.46 bits per heavy atom. The predicted molar refractivity (Wildman–Crippen MR) is 51.9 cm³/mol. The first kappa shape index (κ1) is 10.2. The zero-order valence-electron chi connectivity index (χ0n) is 8.26. The monoisotopic (exact) mass is 182 g/mol. The van der Waals surface area contributed by atoms with Gasteiger partial charge in [0.25, 0.3) is 0 Å². The van der Waals surface area contributed by atoms with Gasteiger partial charge < -0.3 is 5.11 Å². The summed E-state index contributed by atoms with van der Waals surface area (Å²) in [5.41, 5.74) is 0.208. The molecule has 0 radical (unpaired) electrons. The highest BCUT2D eigenvalue weighted by Crippen LogP contribution is 2.26. The number of allylic oxidation sites excluding steroid dienone is 4. The molecule has 1 N–H and O–H groups in total. The largest absolute Gasteiger partial charge is 0.386 e. The highest BCUT2D eigenvalue weighted by atomic mass is 19.1. The van der Waals surface area contributed by atoms with Crippen LogP contribution in [0.2, 0.25) is 0 Å². The van der Waals surface area contributed by atoms with Crippen LogP contribution >= 0.6 is 0 Å². The predicted octanol–water partition coefficient (Wildman–Crippen LogP) is 2.89. The summed E-state index contributed by atoms with van der Waals surface area (Å²) in [4.78, 5) is 0. The summed E-state index contributed by atoms with van der Waals surface area (Å²) in [6.45, 7) is 5.04. The molecule has 1 aliphatic carbocycles. The third-order valence-corrected chi connectivity index (χ3v) is 2.01. The Balaban J connectivity index is 3.14. The molecule has 72 valence electrons. The Hall–Kier alpha value is -0.890. The van der Waals surface area contributed by atoms with Gasteiger partial charge in [-0.15, -0.1) is 0 Å². The van der Waals surface area contributed by atoms with Gasteiger partial charge in [0.15, 0.2) is 0 Å². The van der Waals surface area contributed by atoms with E-state index in [0.29, 0.717) is 5.57 Å². The maximum atomic E-state index is 13.4. The zero-order valence-corrected chi connectivity index (χ0v) is 8.26. The summed E-state index contributed by atoms with van der Waals surface area (Å²) in [5.74, 6) is -0.334. The molecule has 1 nitrogen and oxygen atoms in total. The van der Waals surface area contributed by atoms with Crippen molar-refractivity contribution >= 4 is 0 Å². The van der Waals surface area contributed by atoms with Crippen molar-refractivity contribution in [3.63, 3.8) is 0 Å². The molecule has 0 saturated heterocycles. The maximum Gasteiger partial charge on any atom is 0.129 e. The molecule has 0 unspecified atom stereocenters. The summed E-state index contributed by atoms with van der Waals surface area (Å²) >= 11 is 0. The average Bonchev–Trinajstić information content (AvgIpc) is 2.08. The van der Waals surface area contributed by atoms with E-state index in [2.05, 4.69) is 0 Å². The molecule has 0 amide bonds. The third-order valence-electron chi connectivity index (χ3n) is 2.01.